The van der Waals surface area contributed by atoms with Crippen LogP contribution < -0.4 is 10.2 Å². The molecule has 0 spiro atoms. The van der Waals surface area contributed by atoms with Gasteiger partial charge in [0.25, 0.3) is 0 Å². The van der Waals surface area contributed by atoms with Gasteiger partial charge in [0.2, 0.25) is 5.95 Å². The minimum Gasteiger partial charge on any atom is -0.338 e. The van der Waals surface area contributed by atoms with Gasteiger partial charge >= 0.3 is 0 Å². The molecule has 3 rings (SSSR count). The van der Waals surface area contributed by atoms with Crippen LogP contribution in [0.2, 0.25) is 0 Å². The molecule has 21 heavy (non-hydrogen) atoms. The fourth-order valence-corrected chi connectivity index (χ4v) is 2.40. The number of aromatic amines is 1. The van der Waals surface area contributed by atoms with Gasteiger partial charge < -0.3 is 10.2 Å². The van der Waals surface area contributed by atoms with Gasteiger partial charge in [0, 0.05) is 32.1 Å². The number of H-pyrrole nitrogens is 1. The van der Waals surface area contributed by atoms with Crippen molar-refractivity contribution in [3.05, 3.63) is 41.2 Å². The zero-order valence-electron chi connectivity index (χ0n) is 11.6. The summed E-state index contributed by atoms with van der Waals surface area (Å²) < 4.78 is 26.5. The molecule has 2 N–H and O–H groups in total. The van der Waals surface area contributed by atoms with Crippen LogP contribution in [0.15, 0.2) is 18.2 Å². The highest BCUT2D eigenvalue weighted by atomic mass is 19.1. The highest BCUT2D eigenvalue weighted by Crippen LogP contribution is 2.15. The first-order valence-electron chi connectivity index (χ1n) is 7.03. The Kier molecular flexibility index (Phi) is 4.10. The van der Waals surface area contributed by atoms with Gasteiger partial charge in [-0.05, 0) is 24.6 Å². The Morgan fingerprint density at radius 1 is 1.19 bits per heavy atom. The van der Waals surface area contributed by atoms with E-state index < -0.39 is 11.6 Å². The first-order chi connectivity index (χ1) is 10.2. The van der Waals surface area contributed by atoms with Crippen LogP contribution in [0.3, 0.4) is 0 Å². The summed E-state index contributed by atoms with van der Waals surface area (Å²) in [6.07, 6.45) is 1.31. The summed E-state index contributed by atoms with van der Waals surface area (Å²) >= 11 is 0. The van der Waals surface area contributed by atoms with Crippen LogP contribution in [0, 0.1) is 11.6 Å². The zero-order chi connectivity index (χ0) is 14.7. The van der Waals surface area contributed by atoms with E-state index in [0.717, 1.165) is 38.7 Å². The van der Waals surface area contributed by atoms with Gasteiger partial charge in [0.15, 0.2) is 0 Å². The lowest BCUT2D eigenvalue weighted by molar-refractivity contribution is 0.573. The Bertz CT molecular complexity index is 605. The molecule has 1 fully saturated rings. The molecule has 2 heterocycles. The minimum absolute atomic E-state index is 0.269. The first-order valence-corrected chi connectivity index (χ1v) is 7.03. The van der Waals surface area contributed by atoms with E-state index in [1.54, 1.807) is 0 Å². The van der Waals surface area contributed by atoms with Crippen molar-refractivity contribution in [2.75, 3.05) is 31.1 Å². The molecule has 1 aliphatic rings. The van der Waals surface area contributed by atoms with Crippen molar-refractivity contribution in [3.63, 3.8) is 0 Å². The molecule has 0 unspecified atom stereocenters. The van der Waals surface area contributed by atoms with Crippen molar-refractivity contribution < 1.29 is 8.78 Å². The molecular formula is C14H17F2N5. The smallest absolute Gasteiger partial charge is 0.244 e. The lowest BCUT2D eigenvalue weighted by Gasteiger charge is -2.16. The van der Waals surface area contributed by atoms with Crippen LogP contribution >= 0.6 is 0 Å². The van der Waals surface area contributed by atoms with Gasteiger partial charge in [-0.25, -0.2) is 8.78 Å². The summed E-state index contributed by atoms with van der Waals surface area (Å²) in [5, 5.41) is 10.3. The minimum atomic E-state index is -0.577. The van der Waals surface area contributed by atoms with Crippen LogP contribution in [-0.4, -0.2) is 41.4 Å². The molecule has 0 radical (unpaired) electrons. The third-order valence-corrected chi connectivity index (χ3v) is 3.52. The summed E-state index contributed by atoms with van der Waals surface area (Å²) in [5.74, 6) is 0.0717. The molecule has 7 heteroatoms. The molecule has 0 bridgehead atoms. The number of anilines is 1. The molecule has 1 saturated heterocycles. The maximum atomic E-state index is 13.6. The Labute approximate surface area is 121 Å². The maximum Gasteiger partial charge on any atom is 0.244 e. The number of nitrogens with one attached hydrogen (secondary N) is 2. The summed E-state index contributed by atoms with van der Waals surface area (Å²) in [4.78, 5) is 6.50. The predicted molar refractivity (Wildman–Crippen MR) is 75.2 cm³/mol. The van der Waals surface area contributed by atoms with E-state index in [-0.39, 0.29) is 6.42 Å². The van der Waals surface area contributed by atoms with E-state index in [1.807, 2.05) is 0 Å². The number of nitrogens with zero attached hydrogens (tertiary/aromatic N) is 3. The van der Waals surface area contributed by atoms with Crippen LogP contribution in [0.1, 0.15) is 17.8 Å². The standard InChI is InChI=1S/C14H17F2N5/c15-11-3-2-10(12(16)9-11)8-13-18-14(20-19-13)21-6-1-4-17-5-7-21/h2-3,9,17H,1,4-8H2,(H,18,19,20). The largest absolute Gasteiger partial charge is 0.338 e. The highest BCUT2D eigenvalue weighted by Gasteiger charge is 2.15. The van der Waals surface area contributed by atoms with Crippen molar-refractivity contribution in [2.45, 2.75) is 12.8 Å². The molecule has 2 aromatic rings. The maximum absolute atomic E-state index is 13.6. The normalized spacial score (nSPS) is 16.0. The highest BCUT2D eigenvalue weighted by molar-refractivity contribution is 5.30. The molecule has 5 nitrogen and oxygen atoms in total. The number of rotatable bonds is 3. The molecule has 1 aromatic heterocycles. The Balaban J connectivity index is 1.72. The van der Waals surface area contributed by atoms with E-state index >= 15 is 0 Å². The SMILES string of the molecule is Fc1ccc(Cc2nc(N3CCCNCC3)n[nH]2)c(F)c1. The van der Waals surface area contributed by atoms with Crippen molar-refractivity contribution in [1.82, 2.24) is 20.5 Å². The predicted octanol–water partition coefficient (Wildman–Crippen LogP) is 1.47. The van der Waals surface area contributed by atoms with E-state index in [9.17, 15) is 8.78 Å². The zero-order valence-corrected chi connectivity index (χ0v) is 11.6. The monoisotopic (exact) mass is 293 g/mol. The third-order valence-electron chi connectivity index (χ3n) is 3.52. The number of halogens is 2. The van der Waals surface area contributed by atoms with Gasteiger partial charge in [0.05, 0.1) is 0 Å². The number of benzene rings is 1. The van der Waals surface area contributed by atoms with Gasteiger partial charge in [-0.3, -0.25) is 5.10 Å². The van der Waals surface area contributed by atoms with E-state index in [1.165, 1.54) is 12.1 Å². The molecular weight excluding hydrogens is 276 g/mol. The third kappa shape index (κ3) is 3.36. The van der Waals surface area contributed by atoms with Gasteiger partial charge in [-0.15, -0.1) is 5.10 Å². The lowest BCUT2D eigenvalue weighted by Crippen LogP contribution is -2.28. The van der Waals surface area contributed by atoms with E-state index in [4.69, 9.17) is 0 Å². The topological polar surface area (TPSA) is 56.8 Å². The van der Waals surface area contributed by atoms with Crippen molar-refractivity contribution in [3.8, 4) is 0 Å². The van der Waals surface area contributed by atoms with Crippen molar-refractivity contribution >= 4 is 5.95 Å². The first kappa shape index (κ1) is 13.9. The quantitative estimate of drug-likeness (QED) is 0.900. The molecule has 1 aliphatic heterocycles. The Hall–Kier alpha value is -2.02. The van der Waals surface area contributed by atoms with Crippen LogP contribution in [-0.2, 0) is 6.42 Å². The second kappa shape index (κ2) is 6.17. The lowest BCUT2D eigenvalue weighted by atomic mass is 10.1. The fourth-order valence-electron chi connectivity index (χ4n) is 2.40. The molecule has 0 amide bonds. The number of aromatic nitrogens is 3. The molecule has 0 saturated carbocycles. The average Bonchev–Trinajstić information content (AvgIpc) is 2.75. The second-order valence-electron chi connectivity index (χ2n) is 5.09. The summed E-state index contributed by atoms with van der Waals surface area (Å²) in [5.41, 5.74) is 0.400. The van der Waals surface area contributed by atoms with Crippen molar-refractivity contribution in [2.24, 2.45) is 0 Å². The molecule has 1 aromatic carbocycles. The second-order valence-corrected chi connectivity index (χ2v) is 5.09. The van der Waals surface area contributed by atoms with Crippen LogP contribution in [0.5, 0.6) is 0 Å². The Morgan fingerprint density at radius 3 is 2.95 bits per heavy atom. The summed E-state index contributed by atoms with van der Waals surface area (Å²) in [7, 11) is 0. The van der Waals surface area contributed by atoms with Crippen LogP contribution in [0.4, 0.5) is 14.7 Å². The number of hydrogen-bond acceptors (Lipinski definition) is 4. The van der Waals surface area contributed by atoms with E-state index in [2.05, 4.69) is 25.4 Å². The van der Waals surface area contributed by atoms with Crippen LogP contribution in [0.25, 0.3) is 0 Å². The Morgan fingerprint density at radius 2 is 2.10 bits per heavy atom. The van der Waals surface area contributed by atoms with Gasteiger partial charge in [-0.1, -0.05) is 6.07 Å². The van der Waals surface area contributed by atoms with Gasteiger partial charge in [-0.2, -0.15) is 4.98 Å². The van der Waals surface area contributed by atoms with Crippen molar-refractivity contribution in [1.29, 1.82) is 0 Å². The van der Waals surface area contributed by atoms with E-state index in [0.29, 0.717) is 17.3 Å². The molecule has 0 atom stereocenters. The molecule has 0 aliphatic carbocycles. The summed E-state index contributed by atoms with van der Waals surface area (Å²) in [6, 6.07) is 3.56. The molecule has 112 valence electrons. The fraction of sp³-hybridized carbons (Fsp3) is 0.429. The van der Waals surface area contributed by atoms with Gasteiger partial charge in [0.1, 0.15) is 17.5 Å². The number of hydrogen-bond donors (Lipinski definition) is 2. The summed E-state index contributed by atoms with van der Waals surface area (Å²) in [6.45, 7) is 3.64. The average molecular weight is 293 g/mol.